The van der Waals surface area contributed by atoms with Crippen molar-refractivity contribution in [1.29, 1.82) is 0 Å². The molecule has 1 amide bonds. The fourth-order valence-electron chi connectivity index (χ4n) is 3.24. The van der Waals surface area contributed by atoms with Gasteiger partial charge in [-0.1, -0.05) is 29.8 Å². The maximum atomic E-state index is 12.2. The summed E-state index contributed by atoms with van der Waals surface area (Å²) >= 11 is 11.1. The van der Waals surface area contributed by atoms with Crippen molar-refractivity contribution in [2.75, 3.05) is 23.3 Å². The molecule has 1 heterocycles. The summed E-state index contributed by atoms with van der Waals surface area (Å²) in [5, 5.41) is 16.9. The monoisotopic (exact) mass is 444 g/mol. The third kappa shape index (κ3) is 5.77. The first-order valence-electron chi connectivity index (χ1n) is 9.52. The number of halogens is 1. The first-order chi connectivity index (χ1) is 14.4. The van der Waals surface area contributed by atoms with E-state index in [4.69, 9.17) is 23.8 Å². The number of hydrogen-bond acceptors (Lipinski definition) is 5. The molecule has 0 spiro atoms. The van der Waals surface area contributed by atoms with Crippen LogP contribution in [-0.4, -0.2) is 29.0 Å². The molecule has 2 aromatic rings. The van der Waals surface area contributed by atoms with Crippen LogP contribution in [0.25, 0.3) is 6.08 Å². The maximum absolute atomic E-state index is 12.2. The molecule has 1 aliphatic heterocycles. The highest BCUT2D eigenvalue weighted by Gasteiger charge is 2.15. The number of benzene rings is 2. The van der Waals surface area contributed by atoms with Gasteiger partial charge in [-0.15, -0.1) is 0 Å². The highest BCUT2D eigenvalue weighted by Crippen LogP contribution is 2.28. The summed E-state index contributed by atoms with van der Waals surface area (Å²) in [6, 6.07) is 12.2. The molecule has 30 heavy (non-hydrogen) atoms. The van der Waals surface area contributed by atoms with Gasteiger partial charge < -0.3 is 10.2 Å². The molecule has 0 bridgehead atoms. The molecule has 1 fully saturated rings. The standard InChI is InChI=1S/C21H21ClN4O3S/c22-16-10-8-15(14-19(16)26(28)29)9-11-20(27)24-21(30)23-17-6-2-3-7-18(17)25-12-4-1-5-13-25/h2-3,6-11,14H,1,4-5,12-13H2,(H2,23,24,27,30)/b11-9+. The van der Waals surface area contributed by atoms with Crippen molar-refractivity contribution >= 4 is 58.0 Å². The number of nitro benzene ring substituents is 1. The molecular formula is C21H21ClN4O3S. The number of carbonyl (C=O) groups excluding carboxylic acids is 1. The van der Waals surface area contributed by atoms with Crippen molar-refractivity contribution in [3.63, 3.8) is 0 Å². The summed E-state index contributed by atoms with van der Waals surface area (Å²) in [7, 11) is 0. The van der Waals surface area contributed by atoms with Gasteiger partial charge in [-0.3, -0.25) is 20.2 Å². The first kappa shape index (κ1) is 21.7. The number of thiocarbonyl (C=S) groups is 1. The number of para-hydroxylation sites is 2. The number of amides is 1. The minimum absolute atomic E-state index is 0.0411. The Morgan fingerprint density at radius 1 is 1.17 bits per heavy atom. The van der Waals surface area contributed by atoms with Gasteiger partial charge in [0.05, 0.1) is 16.3 Å². The highest BCUT2D eigenvalue weighted by atomic mass is 35.5. The minimum Gasteiger partial charge on any atom is -0.370 e. The van der Waals surface area contributed by atoms with E-state index in [1.807, 2.05) is 24.3 Å². The molecule has 1 aliphatic rings. The van der Waals surface area contributed by atoms with Crippen LogP contribution in [0.3, 0.4) is 0 Å². The molecule has 3 rings (SSSR count). The summed E-state index contributed by atoms with van der Waals surface area (Å²) in [5.41, 5.74) is 2.15. The molecule has 2 N–H and O–H groups in total. The fourth-order valence-corrected chi connectivity index (χ4v) is 3.64. The summed E-state index contributed by atoms with van der Waals surface area (Å²) < 4.78 is 0. The van der Waals surface area contributed by atoms with E-state index < -0.39 is 10.8 Å². The Labute approximate surface area is 184 Å². The van der Waals surface area contributed by atoms with Crippen molar-refractivity contribution in [2.24, 2.45) is 0 Å². The molecule has 0 aromatic heterocycles. The van der Waals surface area contributed by atoms with E-state index in [9.17, 15) is 14.9 Å². The van der Waals surface area contributed by atoms with E-state index in [0.717, 1.165) is 37.3 Å². The summed E-state index contributed by atoms with van der Waals surface area (Å²) in [6.45, 7) is 1.99. The number of anilines is 2. The lowest BCUT2D eigenvalue weighted by atomic mass is 10.1. The maximum Gasteiger partial charge on any atom is 0.288 e. The van der Waals surface area contributed by atoms with Gasteiger partial charge in [0, 0.05) is 25.2 Å². The molecular weight excluding hydrogens is 424 g/mol. The molecule has 156 valence electrons. The summed E-state index contributed by atoms with van der Waals surface area (Å²) in [4.78, 5) is 24.9. The van der Waals surface area contributed by atoms with Crippen LogP contribution < -0.4 is 15.5 Å². The first-order valence-corrected chi connectivity index (χ1v) is 10.3. The van der Waals surface area contributed by atoms with Crippen LogP contribution >= 0.6 is 23.8 Å². The lowest BCUT2D eigenvalue weighted by Crippen LogP contribution is -2.34. The minimum atomic E-state index is -0.571. The van der Waals surface area contributed by atoms with Gasteiger partial charge in [-0.2, -0.15) is 0 Å². The third-order valence-corrected chi connectivity index (χ3v) is 5.20. The molecule has 0 saturated carbocycles. The largest absolute Gasteiger partial charge is 0.370 e. The van der Waals surface area contributed by atoms with Crippen LogP contribution in [0.5, 0.6) is 0 Å². The van der Waals surface area contributed by atoms with Gasteiger partial charge in [-0.05, 0) is 61.3 Å². The normalized spacial score (nSPS) is 13.8. The van der Waals surface area contributed by atoms with Crippen LogP contribution in [-0.2, 0) is 4.79 Å². The highest BCUT2D eigenvalue weighted by molar-refractivity contribution is 7.80. The Morgan fingerprint density at radius 2 is 1.90 bits per heavy atom. The molecule has 1 saturated heterocycles. The quantitative estimate of drug-likeness (QED) is 0.299. The van der Waals surface area contributed by atoms with Gasteiger partial charge in [-0.25, -0.2) is 0 Å². The van der Waals surface area contributed by atoms with E-state index >= 15 is 0 Å². The van der Waals surface area contributed by atoms with Crippen molar-refractivity contribution in [3.8, 4) is 0 Å². The second-order valence-electron chi connectivity index (χ2n) is 6.81. The lowest BCUT2D eigenvalue weighted by Gasteiger charge is -2.30. The van der Waals surface area contributed by atoms with Crippen LogP contribution in [0.4, 0.5) is 17.1 Å². The van der Waals surface area contributed by atoms with Gasteiger partial charge in [0.15, 0.2) is 5.11 Å². The SMILES string of the molecule is O=C(/C=C/c1ccc(Cl)c([N+](=O)[O-])c1)NC(=S)Nc1ccccc1N1CCCCC1. The molecule has 2 aromatic carbocycles. The fraction of sp³-hybridized carbons (Fsp3) is 0.238. The van der Waals surface area contributed by atoms with E-state index in [1.54, 1.807) is 6.07 Å². The zero-order valence-corrected chi connectivity index (χ0v) is 17.7. The van der Waals surface area contributed by atoms with Crippen molar-refractivity contribution < 1.29 is 9.72 Å². The molecule has 0 aliphatic carbocycles. The number of hydrogen-bond donors (Lipinski definition) is 2. The zero-order valence-electron chi connectivity index (χ0n) is 16.1. The van der Waals surface area contributed by atoms with E-state index in [1.165, 1.54) is 30.7 Å². The Morgan fingerprint density at radius 3 is 2.63 bits per heavy atom. The number of nitro groups is 1. The topological polar surface area (TPSA) is 87.5 Å². The van der Waals surface area contributed by atoms with Gasteiger partial charge in [0.25, 0.3) is 5.69 Å². The number of nitrogens with zero attached hydrogens (tertiary/aromatic N) is 2. The van der Waals surface area contributed by atoms with Crippen molar-refractivity contribution in [2.45, 2.75) is 19.3 Å². The van der Waals surface area contributed by atoms with Gasteiger partial charge >= 0.3 is 0 Å². The second-order valence-corrected chi connectivity index (χ2v) is 7.62. The van der Waals surface area contributed by atoms with Crippen LogP contribution in [0, 0.1) is 10.1 Å². The van der Waals surface area contributed by atoms with Crippen LogP contribution in [0.15, 0.2) is 48.5 Å². The Bertz CT molecular complexity index is 990. The molecule has 0 radical (unpaired) electrons. The van der Waals surface area contributed by atoms with E-state index in [-0.39, 0.29) is 15.8 Å². The van der Waals surface area contributed by atoms with Crippen LogP contribution in [0.1, 0.15) is 24.8 Å². The number of nitrogens with one attached hydrogen (secondary N) is 2. The molecule has 7 nitrogen and oxygen atoms in total. The average molecular weight is 445 g/mol. The Hall–Kier alpha value is -2.97. The predicted octanol–water partition coefficient (Wildman–Crippen LogP) is 4.76. The predicted molar refractivity (Wildman–Crippen MR) is 124 cm³/mol. The van der Waals surface area contributed by atoms with E-state index in [0.29, 0.717) is 5.56 Å². The molecule has 0 atom stereocenters. The number of rotatable bonds is 5. The third-order valence-electron chi connectivity index (χ3n) is 4.68. The Balaban J connectivity index is 1.62. The lowest BCUT2D eigenvalue weighted by molar-refractivity contribution is -0.384. The Kier molecular flexibility index (Phi) is 7.37. The van der Waals surface area contributed by atoms with Crippen molar-refractivity contribution in [1.82, 2.24) is 5.32 Å². The van der Waals surface area contributed by atoms with E-state index in [2.05, 4.69) is 15.5 Å². The number of carbonyl (C=O) groups is 1. The van der Waals surface area contributed by atoms with Gasteiger partial charge in [0.1, 0.15) is 5.02 Å². The summed E-state index contributed by atoms with van der Waals surface area (Å²) in [6.07, 6.45) is 6.27. The van der Waals surface area contributed by atoms with Gasteiger partial charge in [0.2, 0.25) is 5.91 Å². The number of piperidine rings is 1. The van der Waals surface area contributed by atoms with Crippen LogP contribution in [0.2, 0.25) is 5.02 Å². The average Bonchev–Trinajstić information content (AvgIpc) is 2.74. The molecule has 0 unspecified atom stereocenters. The summed E-state index contributed by atoms with van der Waals surface area (Å²) in [5.74, 6) is -0.444. The second kappa shape index (κ2) is 10.2. The zero-order chi connectivity index (χ0) is 21.5. The van der Waals surface area contributed by atoms with Crippen molar-refractivity contribution in [3.05, 3.63) is 69.2 Å². The smallest absolute Gasteiger partial charge is 0.288 e. The molecule has 9 heteroatoms.